The summed E-state index contributed by atoms with van der Waals surface area (Å²) in [5.41, 5.74) is 8.32. The number of benzene rings is 2. The average molecular weight is 264 g/mol. The third kappa shape index (κ3) is 4.49. The van der Waals surface area contributed by atoms with Crippen LogP contribution in [0.1, 0.15) is 17.2 Å². The normalized spacial score (nSPS) is 11.6. The molecule has 1 atom stereocenters. The first-order valence-electron chi connectivity index (χ1n) is 5.78. The molecule has 2 N–H and O–H groups in total. The van der Waals surface area contributed by atoms with E-state index in [0.717, 1.165) is 5.56 Å². The average Bonchev–Trinajstić information content (AvgIpc) is 2.41. The first-order chi connectivity index (χ1) is 8.36. The van der Waals surface area contributed by atoms with Crippen molar-refractivity contribution in [2.24, 2.45) is 5.73 Å². The zero-order chi connectivity index (χ0) is 11.9. The molecule has 0 aliphatic carbocycles. The van der Waals surface area contributed by atoms with Crippen molar-refractivity contribution in [3.63, 3.8) is 0 Å². The molecule has 2 nitrogen and oxygen atoms in total. The van der Waals surface area contributed by atoms with Crippen molar-refractivity contribution in [2.75, 3.05) is 6.61 Å². The van der Waals surface area contributed by atoms with E-state index in [4.69, 9.17) is 10.5 Å². The highest BCUT2D eigenvalue weighted by atomic mass is 35.5. The lowest BCUT2D eigenvalue weighted by atomic mass is 10.1. The van der Waals surface area contributed by atoms with Crippen molar-refractivity contribution in [2.45, 2.75) is 12.6 Å². The molecule has 0 saturated carbocycles. The van der Waals surface area contributed by atoms with Crippen LogP contribution in [-0.2, 0) is 11.3 Å². The fraction of sp³-hybridized carbons (Fsp3) is 0.200. The minimum absolute atomic E-state index is 0. The maximum atomic E-state index is 6.03. The lowest BCUT2D eigenvalue weighted by molar-refractivity contribution is 0.108. The number of hydrogen-bond donors (Lipinski definition) is 1. The molecular formula is C15H18ClNO. The van der Waals surface area contributed by atoms with Gasteiger partial charge in [-0.15, -0.1) is 12.4 Å². The summed E-state index contributed by atoms with van der Waals surface area (Å²) in [5, 5.41) is 0. The summed E-state index contributed by atoms with van der Waals surface area (Å²) in [6.45, 7) is 1.15. The lowest BCUT2D eigenvalue weighted by Gasteiger charge is -2.12. The van der Waals surface area contributed by atoms with Gasteiger partial charge in [0, 0.05) is 0 Å². The Hall–Kier alpha value is -1.35. The van der Waals surface area contributed by atoms with Gasteiger partial charge in [0.2, 0.25) is 0 Å². The van der Waals surface area contributed by atoms with E-state index < -0.39 is 0 Å². The minimum atomic E-state index is -0.0556. The van der Waals surface area contributed by atoms with Crippen LogP contribution < -0.4 is 5.73 Å². The van der Waals surface area contributed by atoms with Gasteiger partial charge in [0.1, 0.15) is 0 Å². The molecule has 2 aromatic rings. The Bertz CT molecular complexity index is 433. The van der Waals surface area contributed by atoms with E-state index in [0.29, 0.717) is 13.2 Å². The van der Waals surface area contributed by atoms with E-state index >= 15 is 0 Å². The molecular weight excluding hydrogens is 246 g/mol. The number of halogens is 1. The molecule has 0 heterocycles. The largest absolute Gasteiger partial charge is 0.375 e. The Labute approximate surface area is 114 Å². The molecule has 96 valence electrons. The molecule has 2 rings (SSSR count). The topological polar surface area (TPSA) is 35.2 Å². The van der Waals surface area contributed by atoms with Gasteiger partial charge in [0.25, 0.3) is 0 Å². The molecule has 0 radical (unpaired) electrons. The Morgan fingerprint density at radius 3 is 2.06 bits per heavy atom. The molecule has 0 aliphatic rings. The Morgan fingerprint density at radius 2 is 1.44 bits per heavy atom. The van der Waals surface area contributed by atoms with Crippen molar-refractivity contribution < 1.29 is 4.74 Å². The van der Waals surface area contributed by atoms with E-state index in [1.54, 1.807) is 0 Å². The second-order valence-corrected chi connectivity index (χ2v) is 4.02. The Balaban J connectivity index is 0.00000162. The van der Waals surface area contributed by atoms with E-state index in [2.05, 4.69) is 0 Å². The molecule has 0 bridgehead atoms. The second kappa shape index (κ2) is 7.88. The van der Waals surface area contributed by atoms with Crippen LogP contribution in [0, 0.1) is 0 Å². The highest BCUT2D eigenvalue weighted by Crippen LogP contribution is 2.10. The zero-order valence-corrected chi connectivity index (χ0v) is 11.0. The summed E-state index contributed by atoms with van der Waals surface area (Å²) in [5.74, 6) is 0. The van der Waals surface area contributed by atoms with Gasteiger partial charge in [-0.25, -0.2) is 0 Å². The maximum absolute atomic E-state index is 6.03. The molecule has 0 saturated heterocycles. The fourth-order valence-electron chi connectivity index (χ4n) is 1.67. The summed E-state index contributed by atoms with van der Waals surface area (Å²) in [7, 11) is 0. The quantitative estimate of drug-likeness (QED) is 0.898. The van der Waals surface area contributed by atoms with Gasteiger partial charge in [-0.2, -0.15) is 0 Å². The van der Waals surface area contributed by atoms with Crippen molar-refractivity contribution in [1.82, 2.24) is 0 Å². The Kier molecular flexibility index (Phi) is 6.44. The Morgan fingerprint density at radius 1 is 0.889 bits per heavy atom. The predicted molar refractivity (Wildman–Crippen MR) is 76.7 cm³/mol. The molecule has 2 aromatic carbocycles. The highest BCUT2D eigenvalue weighted by molar-refractivity contribution is 5.85. The van der Waals surface area contributed by atoms with Gasteiger partial charge in [-0.3, -0.25) is 0 Å². The minimum Gasteiger partial charge on any atom is -0.375 e. The molecule has 0 amide bonds. The molecule has 0 aromatic heterocycles. The van der Waals surface area contributed by atoms with Gasteiger partial charge in [-0.1, -0.05) is 60.7 Å². The summed E-state index contributed by atoms with van der Waals surface area (Å²) in [6.07, 6.45) is 0. The van der Waals surface area contributed by atoms with E-state index in [9.17, 15) is 0 Å². The van der Waals surface area contributed by atoms with Crippen LogP contribution in [0.5, 0.6) is 0 Å². The van der Waals surface area contributed by atoms with Crippen molar-refractivity contribution in [1.29, 1.82) is 0 Å². The molecule has 18 heavy (non-hydrogen) atoms. The van der Waals surface area contributed by atoms with Crippen LogP contribution >= 0.6 is 12.4 Å². The van der Waals surface area contributed by atoms with Gasteiger partial charge in [-0.05, 0) is 11.1 Å². The van der Waals surface area contributed by atoms with Crippen molar-refractivity contribution in [3.8, 4) is 0 Å². The molecule has 1 unspecified atom stereocenters. The standard InChI is InChI=1S/C15H17NO.ClH/c16-15(14-9-5-2-6-10-14)12-17-11-13-7-3-1-4-8-13;/h1-10,15H,11-12,16H2;1H. The van der Waals surface area contributed by atoms with Gasteiger partial charge < -0.3 is 10.5 Å². The van der Waals surface area contributed by atoms with Crippen LogP contribution in [0.3, 0.4) is 0 Å². The highest BCUT2D eigenvalue weighted by Gasteiger charge is 2.04. The van der Waals surface area contributed by atoms with Crippen LogP contribution in [0.2, 0.25) is 0 Å². The number of ether oxygens (including phenoxy) is 1. The number of nitrogens with two attached hydrogens (primary N) is 1. The summed E-state index contributed by atoms with van der Waals surface area (Å²) in [6, 6.07) is 20.1. The lowest BCUT2D eigenvalue weighted by Crippen LogP contribution is -2.16. The summed E-state index contributed by atoms with van der Waals surface area (Å²) >= 11 is 0. The first kappa shape index (κ1) is 14.7. The molecule has 0 aliphatic heterocycles. The first-order valence-corrected chi connectivity index (χ1v) is 5.78. The van der Waals surface area contributed by atoms with Crippen molar-refractivity contribution >= 4 is 12.4 Å². The van der Waals surface area contributed by atoms with Crippen LogP contribution in [0.15, 0.2) is 60.7 Å². The van der Waals surface area contributed by atoms with Crippen LogP contribution in [-0.4, -0.2) is 6.61 Å². The molecule has 0 spiro atoms. The predicted octanol–water partition coefficient (Wildman–Crippen LogP) is 3.33. The van der Waals surface area contributed by atoms with E-state index in [1.807, 2.05) is 60.7 Å². The van der Waals surface area contributed by atoms with E-state index in [1.165, 1.54) is 5.56 Å². The van der Waals surface area contributed by atoms with Gasteiger partial charge >= 0.3 is 0 Å². The number of rotatable bonds is 5. The third-order valence-electron chi connectivity index (χ3n) is 2.64. The third-order valence-corrected chi connectivity index (χ3v) is 2.64. The smallest absolute Gasteiger partial charge is 0.0717 e. The van der Waals surface area contributed by atoms with Gasteiger partial charge in [0.15, 0.2) is 0 Å². The van der Waals surface area contributed by atoms with Crippen LogP contribution in [0.4, 0.5) is 0 Å². The number of hydrogen-bond acceptors (Lipinski definition) is 2. The maximum Gasteiger partial charge on any atom is 0.0717 e. The molecule has 3 heteroatoms. The van der Waals surface area contributed by atoms with E-state index in [-0.39, 0.29) is 18.4 Å². The SMILES string of the molecule is Cl.NC(COCc1ccccc1)c1ccccc1. The van der Waals surface area contributed by atoms with Gasteiger partial charge in [0.05, 0.1) is 19.3 Å². The summed E-state index contributed by atoms with van der Waals surface area (Å²) < 4.78 is 5.61. The summed E-state index contributed by atoms with van der Waals surface area (Å²) in [4.78, 5) is 0. The zero-order valence-electron chi connectivity index (χ0n) is 10.2. The fourth-order valence-corrected chi connectivity index (χ4v) is 1.67. The van der Waals surface area contributed by atoms with Crippen LogP contribution in [0.25, 0.3) is 0 Å². The monoisotopic (exact) mass is 263 g/mol. The second-order valence-electron chi connectivity index (χ2n) is 4.02. The van der Waals surface area contributed by atoms with Crippen molar-refractivity contribution in [3.05, 3.63) is 71.8 Å². The molecule has 0 fully saturated rings.